The van der Waals surface area contributed by atoms with Crippen LogP contribution in [-0.4, -0.2) is 59.3 Å². The summed E-state index contributed by atoms with van der Waals surface area (Å²) in [5.74, 6) is 0.282. The van der Waals surface area contributed by atoms with Gasteiger partial charge in [0.25, 0.3) is 5.91 Å². The first-order valence-corrected chi connectivity index (χ1v) is 12.0. The van der Waals surface area contributed by atoms with Gasteiger partial charge in [0, 0.05) is 55.0 Å². The van der Waals surface area contributed by atoms with Crippen molar-refractivity contribution >= 4 is 23.6 Å². The van der Waals surface area contributed by atoms with Crippen LogP contribution in [0.2, 0.25) is 5.02 Å². The van der Waals surface area contributed by atoms with Gasteiger partial charge in [0.05, 0.1) is 13.2 Å². The maximum Gasteiger partial charge on any atom is 0.410 e. The van der Waals surface area contributed by atoms with Crippen molar-refractivity contribution in [3.8, 4) is 22.9 Å². The number of cyclic esters (lactones) is 1. The Bertz CT molecular complexity index is 1260. The zero-order valence-corrected chi connectivity index (χ0v) is 20.4. The van der Waals surface area contributed by atoms with Gasteiger partial charge in [-0.2, -0.15) is 0 Å². The van der Waals surface area contributed by atoms with Gasteiger partial charge in [-0.1, -0.05) is 23.7 Å². The van der Waals surface area contributed by atoms with Gasteiger partial charge < -0.3 is 24.4 Å². The number of carbonyl (C=O) groups is 2. The fourth-order valence-electron chi connectivity index (χ4n) is 4.43. The van der Waals surface area contributed by atoms with Gasteiger partial charge >= 0.3 is 6.09 Å². The van der Waals surface area contributed by atoms with Gasteiger partial charge in [0.2, 0.25) is 5.88 Å². The summed E-state index contributed by atoms with van der Waals surface area (Å²) in [6.07, 6.45) is 4.18. The van der Waals surface area contributed by atoms with Crippen molar-refractivity contribution in [3.05, 3.63) is 71.0 Å². The van der Waals surface area contributed by atoms with E-state index in [0.29, 0.717) is 49.0 Å². The van der Waals surface area contributed by atoms with Crippen LogP contribution in [0.1, 0.15) is 28.8 Å². The molecule has 2 aliphatic rings. The Labute approximate surface area is 213 Å². The highest BCUT2D eigenvalue weighted by Gasteiger charge is 2.39. The standard InChI is InChI=1S/C26H25ClN4O5/c1-34-25-21(24(32)29-13-16-4-6-18(27)7-5-16)12-22(23(30-25)17-3-2-9-28-14-17)36-20-8-10-31-19(11-20)15-35-26(31)33/h2-7,9,12,14,19-20H,8,10-11,13,15H2,1H3,(H,29,32)/t19-,20-/m0/s1. The minimum atomic E-state index is -0.346. The first kappa shape index (κ1) is 23.9. The third-order valence-electron chi connectivity index (χ3n) is 6.29. The number of halogens is 1. The lowest BCUT2D eigenvalue weighted by molar-refractivity contribution is 0.0913. The second kappa shape index (κ2) is 10.4. The molecule has 2 amide bonds. The number of hydrogen-bond donors (Lipinski definition) is 1. The average molecular weight is 509 g/mol. The molecule has 2 aromatic heterocycles. The van der Waals surface area contributed by atoms with Gasteiger partial charge in [-0.05, 0) is 29.8 Å². The molecule has 2 atom stereocenters. The van der Waals surface area contributed by atoms with Crippen LogP contribution in [0.25, 0.3) is 11.3 Å². The van der Waals surface area contributed by atoms with Crippen molar-refractivity contribution < 1.29 is 23.8 Å². The number of methoxy groups -OCH3 is 1. The normalized spacial score (nSPS) is 18.8. The highest BCUT2D eigenvalue weighted by Crippen LogP contribution is 2.35. The van der Waals surface area contributed by atoms with Gasteiger partial charge in [-0.25, -0.2) is 9.78 Å². The van der Waals surface area contributed by atoms with Gasteiger partial charge in [0.15, 0.2) is 0 Å². The molecule has 5 rings (SSSR count). The lowest BCUT2D eigenvalue weighted by atomic mass is 10.0. The maximum atomic E-state index is 13.2. The van der Waals surface area contributed by atoms with Crippen LogP contribution in [0, 0.1) is 0 Å². The zero-order chi connectivity index (χ0) is 25.1. The third-order valence-corrected chi connectivity index (χ3v) is 6.54. The molecule has 4 heterocycles. The van der Waals surface area contributed by atoms with Crippen LogP contribution >= 0.6 is 11.6 Å². The molecule has 2 fully saturated rings. The van der Waals surface area contributed by atoms with E-state index in [9.17, 15) is 9.59 Å². The largest absolute Gasteiger partial charge is 0.488 e. The van der Waals surface area contributed by atoms with Gasteiger partial charge in [-0.3, -0.25) is 9.78 Å². The molecule has 0 saturated carbocycles. The van der Waals surface area contributed by atoms with Crippen molar-refractivity contribution in [1.82, 2.24) is 20.2 Å². The van der Waals surface area contributed by atoms with Crippen LogP contribution in [0.3, 0.4) is 0 Å². The molecule has 0 unspecified atom stereocenters. The highest BCUT2D eigenvalue weighted by atomic mass is 35.5. The van der Waals surface area contributed by atoms with E-state index in [1.807, 2.05) is 18.2 Å². The van der Waals surface area contributed by atoms with Gasteiger partial charge in [-0.15, -0.1) is 0 Å². The number of rotatable bonds is 7. The number of nitrogens with zero attached hydrogens (tertiary/aromatic N) is 3. The molecule has 2 aliphatic heterocycles. The Morgan fingerprint density at radius 3 is 2.86 bits per heavy atom. The summed E-state index contributed by atoms with van der Waals surface area (Å²) in [4.78, 5) is 35.6. The van der Waals surface area contributed by atoms with E-state index in [2.05, 4.69) is 15.3 Å². The number of carbonyl (C=O) groups excluding carboxylic acids is 2. The molecule has 186 valence electrons. The van der Waals surface area contributed by atoms with Crippen molar-refractivity contribution in [3.63, 3.8) is 0 Å². The van der Waals surface area contributed by atoms with E-state index in [-0.39, 0.29) is 35.6 Å². The fourth-order valence-corrected chi connectivity index (χ4v) is 4.55. The fraction of sp³-hybridized carbons (Fsp3) is 0.308. The summed E-state index contributed by atoms with van der Waals surface area (Å²) >= 11 is 5.95. The molecule has 1 N–H and O–H groups in total. The highest BCUT2D eigenvalue weighted by molar-refractivity contribution is 6.30. The second-order valence-corrected chi connectivity index (χ2v) is 9.07. The number of fused-ring (bicyclic) bond motifs is 1. The summed E-state index contributed by atoms with van der Waals surface area (Å²) in [6, 6.07) is 12.6. The number of amides is 2. The predicted octanol–water partition coefficient (Wildman–Crippen LogP) is 4.10. The van der Waals surface area contributed by atoms with Crippen molar-refractivity contribution in [2.75, 3.05) is 20.3 Å². The molecule has 0 aliphatic carbocycles. The Morgan fingerprint density at radius 1 is 1.28 bits per heavy atom. The first-order chi connectivity index (χ1) is 17.5. The lowest BCUT2D eigenvalue weighted by Crippen LogP contribution is -2.44. The summed E-state index contributed by atoms with van der Waals surface area (Å²) in [6.45, 7) is 1.22. The van der Waals surface area contributed by atoms with Crippen molar-refractivity contribution in [2.24, 2.45) is 0 Å². The van der Waals surface area contributed by atoms with Crippen LogP contribution in [-0.2, 0) is 11.3 Å². The predicted molar refractivity (Wildman–Crippen MR) is 132 cm³/mol. The van der Waals surface area contributed by atoms with E-state index in [1.54, 1.807) is 41.6 Å². The van der Waals surface area contributed by atoms with E-state index >= 15 is 0 Å². The van der Waals surface area contributed by atoms with Crippen LogP contribution in [0.15, 0.2) is 54.9 Å². The molecule has 1 aromatic carbocycles. The molecule has 3 aromatic rings. The third kappa shape index (κ3) is 5.06. The number of pyridine rings is 2. The monoisotopic (exact) mass is 508 g/mol. The Morgan fingerprint density at radius 2 is 2.11 bits per heavy atom. The van der Waals surface area contributed by atoms with E-state index in [4.69, 9.17) is 25.8 Å². The lowest BCUT2D eigenvalue weighted by Gasteiger charge is -2.33. The maximum absolute atomic E-state index is 13.2. The minimum Gasteiger partial charge on any atom is -0.488 e. The number of piperidine rings is 1. The van der Waals surface area contributed by atoms with Crippen molar-refractivity contribution in [1.29, 1.82) is 0 Å². The minimum absolute atomic E-state index is 0.0218. The topological polar surface area (TPSA) is 103 Å². The summed E-state index contributed by atoms with van der Waals surface area (Å²) in [5.41, 5.74) is 2.42. The average Bonchev–Trinajstić information content (AvgIpc) is 3.28. The number of benzene rings is 1. The molecule has 10 heteroatoms. The molecule has 0 radical (unpaired) electrons. The Kier molecular flexibility index (Phi) is 6.90. The Balaban J connectivity index is 1.42. The van der Waals surface area contributed by atoms with Crippen molar-refractivity contribution in [2.45, 2.75) is 31.5 Å². The molecule has 2 saturated heterocycles. The van der Waals surface area contributed by atoms with Gasteiger partial charge in [0.1, 0.15) is 29.7 Å². The van der Waals surface area contributed by atoms with Crippen LogP contribution in [0.5, 0.6) is 11.6 Å². The SMILES string of the molecule is COc1nc(-c2cccnc2)c(O[C@H]2CCN3C(=O)OC[C@@H]3C2)cc1C(=O)NCc1ccc(Cl)cc1. The molecule has 36 heavy (non-hydrogen) atoms. The molecule has 0 bridgehead atoms. The number of nitrogens with one attached hydrogen (secondary N) is 1. The second-order valence-electron chi connectivity index (χ2n) is 8.63. The van der Waals surface area contributed by atoms with Crippen LogP contribution in [0.4, 0.5) is 4.79 Å². The molecule has 9 nitrogen and oxygen atoms in total. The van der Waals surface area contributed by atoms with E-state index < -0.39 is 0 Å². The first-order valence-electron chi connectivity index (χ1n) is 11.6. The van der Waals surface area contributed by atoms with Crippen LogP contribution < -0.4 is 14.8 Å². The number of aromatic nitrogens is 2. The quantitative estimate of drug-likeness (QED) is 0.512. The number of hydrogen-bond acceptors (Lipinski definition) is 7. The van der Waals surface area contributed by atoms with E-state index in [1.165, 1.54) is 7.11 Å². The summed E-state index contributed by atoms with van der Waals surface area (Å²) < 4.78 is 17.1. The number of ether oxygens (including phenoxy) is 3. The molecular formula is C26H25ClN4O5. The smallest absolute Gasteiger partial charge is 0.410 e. The van der Waals surface area contributed by atoms with E-state index in [0.717, 1.165) is 11.1 Å². The molecular weight excluding hydrogens is 484 g/mol. The summed E-state index contributed by atoms with van der Waals surface area (Å²) in [7, 11) is 1.47. The molecule has 0 spiro atoms. The zero-order valence-electron chi connectivity index (χ0n) is 19.6. The Hall–Kier alpha value is -3.85. The summed E-state index contributed by atoms with van der Waals surface area (Å²) in [5, 5.41) is 3.53.